The van der Waals surface area contributed by atoms with Crippen molar-refractivity contribution in [3.05, 3.63) is 36.0 Å². The first-order chi connectivity index (χ1) is 12.5. The zero-order chi connectivity index (χ0) is 18.8. The predicted octanol–water partition coefficient (Wildman–Crippen LogP) is 2.05. The molecule has 0 radical (unpaired) electrons. The molecule has 1 atom stereocenters. The van der Waals surface area contributed by atoms with Crippen LogP contribution in [0.15, 0.2) is 30.3 Å². The predicted molar refractivity (Wildman–Crippen MR) is 101 cm³/mol. The topological polar surface area (TPSA) is 69.8 Å². The number of fused-ring (bicyclic) bond motifs is 1. The van der Waals surface area contributed by atoms with E-state index in [1.54, 1.807) is 40.6 Å². The molecule has 1 N–H and O–H groups in total. The molecule has 1 unspecified atom stereocenters. The molecule has 0 aliphatic carbocycles. The number of H-pyrrole nitrogens is 1. The Morgan fingerprint density at radius 2 is 1.54 bits per heavy atom. The first-order valence-corrected chi connectivity index (χ1v) is 10.3. The van der Waals surface area contributed by atoms with Crippen LogP contribution in [0.5, 0.6) is 23.0 Å². The normalized spacial score (nSPS) is 12.0. The molecular weight excluding hydrogens is 401 g/mol. The number of aromatic nitrogens is 1. The Morgan fingerprint density at radius 3 is 2.08 bits per heavy atom. The van der Waals surface area contributed by atoms with Crippen molar-refractivity contribution in [1.82, 2.24) is 4.98 Å². The SMILES string of the molecule is COc1ccc2[nH]c(C)c([Se](=O)c3cc(OC)c(OC)c(OC)c3)c2c1. The van der Waals surface area contributed by atoms with E-state index in [9.17, 15) is 3.83 Å². The van der Waals surface area contributed by atoms with Gasteiger partial charge in [-0.1, -0.05) is 0 Å². The maximum atomic E-state index is 13.5. The number of benzene rings is 2. The fourth-order valence-corrected chi connectivity index (χ4v) is 5.79. The van der Waals surface area contributed by atoms with Crippen LogP contribution in [-0.4, -0.2) is 47.3 Å². The van der Waals surface area contributed by atoms with E-state index in [1.807, 2.05) is 25.1 Å². The summed E-state index contributed by atoms with van der Waals surface area (Å²) in [7, 11) is 6.25. The van der Waals surface area contributed by atoms with Crippen LogP contribution < -0.4 is 27.9 Å². The van der Waals surface area contributed by atoms with Crippen LogP contribution in [0.2, 0.25) is 0 Å². The van der Waals surface area contributed by atoms with E-state index in [1.165, 1.54) is 0 Å². The molecule has 0 aliphatic rings. The maximum absolute atomic E-state index is 13.5. The Balaban J connectivity index is 2.18. The minimum atomic E-state index is -2.60. The summed E-state index contributed by atoms with van der Waals surface area (Å²) in [4.78, 5) is 3.30. The summed E-state index contributed by atoms with van der Waals surface area (Å²) >= 11 is -2.60. The van der Waals surface area contributed by atoms with Crippen LogP contribution in [0.25, 0.3) is 10.9 Å². The molecule has 0 bridgehead atoms. The van der Waals surface area contributed by atoms with Gasteiger partial charge in [0.25, 0.3) is 0 Å². The minimum absolute atomic E-state index is 0.481. The third kappa shape index (κ3) is 3.04. The molecule has 3 rings (SSSR count). The number of methoxy groups -OCH3 is 4. The van der Waals surface area contributed by atoms with Gasteiger partial charge in [0.15, 0.2) is 0 Å². The molecule has 0 spiro atoms. The fraction of sp³-hybridized carbons (Fsp3) is 0.263. The zero-order valence-corrected chi connectivity index (χ0v) is 17.0. The van der Waals surface area contributed by atoms with Gasteiger partial charge in [-0.3, -0.25) is 0 Å². The van der Waals surface area contributed by atoms with E-state index >= 15 is 0 Å². The van der Waals surface area contributed by atoms with E-state index in [4.69, 9.17) is 18.9 Å². The van der Waals surface area contributed by atoms with Crippen molar-refractivity contribution in [3.8, 4) is 23.0 Å². The molecule has 0 saturated carbocycles. The van der Waals surface area contributed by atoms with E-state index in [0.717, 1.165) is 26.8 Å². The molecule has 0 aliphatic heterocycles. The summed E-state index contributed by atoms with van der Waals surface area (Å²) in [6.07, 6.45) is 0. The van der Waals surface area contributed by atoms with E-state index < -0.39 is 13.8 Å². The first kappa shape index (κ1) is 18.3. The Morgan fingerprint density at radius 1 is 0.885 bits per heavy atom. The number of rotatable bonds is 6. The third-order valence-electron chi connectivity index (χ3n) is 4.17. The average Bonchev–Trinajstić information content (AvgIpc) is 3.00. The van der Waals surface area contributed by atoms with Crippen molar-refractivity contribution in [2.75, 3.05) is 28.4 Å². The summed E-state index contributed by atoms with van der Waals surface area (Å²) in [6.45, 7) is 1.92. The monoisotopic (exact) mass is 423 g/mol. The molecule has 0 amide bonds. The second-order valence-corrected chi connectivity index (χ2v) is 8.59. The van der Waals surface area contributed by atoms with Crippen LogP contribution in [-0.2, 0) is 3.83 Å². The molecule has 0 fully saturated rings. The molecule has 7 heteroatoms. The molecule has 6 nitrogen and oxygen atoms in total. The Labute approximate surface area is 156 Å². The van der Waals surface area contributed by atoms with Crippen molar-refractivity contribution in [2.45, 2.75) is 6.92 Å². The number of ether oxygens (including phenoxy) is 4. The van der Waals surface area contributed by atoms with Crippen molar-refractivity contribution in [1.29, 1.82) is 0 Å². The van der Waals surface area contributed by atoms with E-state index in [-0.39, 0.29) is 0 Å². The van der Waals surface area contributed by atoms with Gasteiger partial charge in [-0.15, -0.1) is 0 Å². The second-order valence-electron chi connectivity index (χ2n) is 5.62. The third-order valence-corrected chi connectivity index (χ3v) is 7.45. The Hall–Kier alpha value is -2.50. The standard InChI is InChI=1S/C19H21NO5Se/c1-11-19(14-8-12(22-2)6-7-15(14)20-11)26(21)13-9-16(23-3)18(25-5)17(10-13)24-4/h6-10,20H,1-5H3. The first-order valence-electron chi connectivity index (χ1n) is 7.92. The average molecular weight is 422 g/mol. The molecule has 3 aromatic rings. The Kier molecular flexibility index (Phi) is 5.20. The number of aryl methyl sites for hydroxylation is 1. The van der Waals surface area contributed by atoms with Crippen molar-refractivity contribution in [2.24, 2.45) is 0 Å². The quantitative estimate of drug-likeness (QED) is 0.616. The molecule has 138 valence electrons. The van der Waals surface area contributed by atoms with Gasteiger partial charge in [0, 0.05) is 0 Å². The van der Waals surface area contributed by atoms with Gasteiger partial charge in [0.2, 0.25) is 0 Å². The van der Waals surface area contributed by atoms with Crippen molar-refractivity contribution < 1.29 is 22.8 Å². The van der Waals surface area contributed by atoms with Gasteiger partial charge in [-0.2, -0.15) is 0 Å². The van der Waals surface area contributed by atoms with Crippen molar-refractivity contribution >= 4 is 33.7 Å². The van der Waals surface area contributed by atoms with Crippen molar-refractivity contribution in [3.63, 3.8) is 0 Å². The summed E-state index contributed by atoms with van der Waals surface area (Å²) in [6, 6.07) is 9.20. The second kappa shape index (κ2) is 7.40. The zero-order valence-electron chi connectivity index (χ0n) is 15.3. The number of hydrogen-bond donors (Lipinski definition) is 1. The summed E-state index contributed by atoms with van der Waals surface area (Å²) in [5.41, 5.74) is 1.80. The summed E-state index contributed by atoms with van der Waals surface area (Å²) < 4.78 is 36.4. The number of nitrogens with one attached hydrogen (secondary N) is 1. The molecule has 0 saturated heterocycles. The van der Waals surface area contributed by atoms with Gasteiger partial charge < -0.3 is 0 Å². The summed E-state index contributed by atoms with van der Waals surface area (Å²) in [5.74, 6) is 2.18. The van der Waals surface area contributed by atoms with Crippen LogP contribution in [0.1, 0.15) is 5.69 Å². The van der Waals surface area contributed by atoms with E-state index in [2.05, 4.69) is 4.98 Å². The van der Waals surface area contributed by atoms with Gasteiger partial charge in [-0.25, -0.2) is 0 Å². The van der Waals surface area contributed by atoms with Crippen LogP contribution >= 0.6 is 0 Å². The molecule has 2 aromatic carbocycles. The fourth-order valence-electron chi connectivity index (χ4n) is 2.93. The molecule has 1 heterocycles. The summed E-state index contributed by atoms with van der Waals surface area (Å²) in [5, 5.41) is 0.899. The Bertz CT molecular complexity index is 954. The van der Waals surface area contributed by atoms with Gasteiger partial charge in [-0.05, 0) is 0 Å². The van der Waals surface area contributed by atoms with E-state index in [0.29, 0.717) is 21.7 Å². The molecule has 26 heavy (non-hydrogen) atoms. The van der Waals surface area contributed by atoms with Gasteiger partial charge in [0.1, 0.15) is 0 Å². The van der Waals surface area contributed by atoms with Gasteiger partial charge >= 0.3 is 156 Å². The number of hydrogen-bond acceptors (Lipinski definition) is 5. The number of aromatic amines is 1. The van der Waals surface area contributed by atoms with Crippen LogP contribution in [0.3, 0.4) is 0 Å². The van der Waals surface area contributed by atoms with Gasteiger partial charge in [0.05, 0.1) is 0 Å². The molecule has 1 aromatic heterocycles. The molecular formula is C19H21NO5Se. The van der Waals surface area contributed by atoms with Crippen LogP contribution in [0.4, 0.5) is 0 Å². The van der Waals surface area contributed by atoms with Crippen LogP contribution in [0, 0.1) is 6.92 Å².